The molecule has 0 radical (unpaired) electrons. The second kappa shape index (κ2) is 4.55. The Morgan fingerprint density at radius 1 is 1.42 bits per heavy atom. The van der Waals surface area contributed by atoms with Gasteiger partial charge in [0.05, 0.1) is 28.9 Å². The standard InChI is InChI=1S/C14H11ClN2O2/c1-2-19-14(18)11-6-9-8-4-3-5-10(15)13(8)17-12(9)7-16-11/h3-7,17H,2H2,1H3. The lowest BCUT2D eigenvalue weighted by molar-refractivity contribution is 0.0520. The number of pyridine rings is 1. The molecule has 0 bridgehead atoms. The van der Waals surface area contributed by atoms with Gasteiger partial charge in [0.1, 0.15) is 5.69 Å². The van der Waals surface area contributed by atoms with Crippen molar-refractivity contribution in [2.75, 3.05) is 6.61 Å². The molecule has 0 aliphatic heterocycles. The average molecular weight is 275 g/mol. The van der Waals surface area contributed by atoms with Gasteiger partial charge in [-0.3, -0.25) is 0 Å². The normalized spacial score (nSPS) is 11.1. The van der Waals surface area contributed by atoms with Gasteiger partial charge in [0.15, 0.2) is 0 Å². The fourth-order valence-corrected chi connectivity index (χ4v) is 2.33. The molecular formula is C14H11ClN2O2. The summed E-state index contributed by atoms with van der Waals surface area (Å²) in [6.07, 6.45) is 1.62. The summed E-state index contributed by atoms with van der Waals surface area (Å²) in [5.41, 5.74) is 1.99. The third-order valence-corrected chi connectivity index (χ3v) is 3.27. The van der Waals surface area contributed by atoms with Gasteiger partial charge in [0, 0.05) is 10.8 Å². The van der Waals surface area contributed by atoms with E-state index in [0.29, 0.717) is 17.3 Å². The summed E-state index contributed by atoms with van der Waals surface area (Å²) in [7, 11) is 0. The Morgan fingerprint density at radius 2 is 2.26 bits per heavy atom. The second-order valence-electron chi connectivity index (χ2n) is 4.12. The van der Waals surface area contributed by atoms with Crippen LogP contribution in [0.3, 0.4) is 0 Å². The zero-order valence-electron chi connectivity index (χ0n) is 10.2. The Bertz CT molecular complexity index is 780. The van der Waals surface area contributed by atoms with Gasteiger partial charge >= 0.3 is 5.97 Å². The maximum Gasteiger partial charge on any atom is 0.356 e. The van der Waals surface area contributed by atoms with E-state index in [0.717, 1.165) is 21.8 Å². The number of rotatable bonds is 2. The van der Waals surface area contributed by atoms with Crippen molar-refractivity contribution in [3.63, 3.8) is 0 Å². The van der Waals surface area contributed by atoms with Gasteiger partial charge in [0.25, 0.3) is 0 Å². The number of nitrogens with one attached hydrogen (secondary N) is 1. The van der Waals surface area contributed by atoms with Crippen molar-refractivity contribution < 1.29 is 9.53 Å². The van der Waals surface area contributed by atoms with Gasteiger partial charge in [-0.15, -0.1) is 0 Å². The van der Waals surface area contributed by atoms with Gasteiger partial charge in [-0.2, -0.15) is 0 Å². The number of hydrogen-bond acceptors (Lipinski definition) is 3. The van der Waals surface area contributed by atoms with Crippen molar-refractivity contribution in [3.8, 4) is 0 Å². The average Bonchev–Trinajstić information content (AvgIpc) is 2.78. The lowest BCUT2D eigenvalue weighted by Crippen LogP contribution is -2.06. The summed E-state index contributed by atoms with van der Waals surface area (Å²) >= 11 is 6.14. The second-order valence-corrected chi connectivity index (χ2v) is 4.53. The predicted octanol–water partition coefficient (Wildman–Crippen LogP) is 3.55. The highest BCUT2D eigenvalue weighted by Crippen LogP contribution is 2.30. The van der Waals surface area contributed by atoms with Gasteiger partial charge < -0.3 is 9.72 Å². The monoisotopic (exact) mass is 274 g/mol. The molecule has 3 rings (SSSR count). The molecule has 0 atom stereocenters. The van der Waals surface area contributed by atoms with E-state index in [1.807, 2.05) is 18.2 Å². The Kier molecular flexibility index (Phi) is 2.87. The van der Waals surface area contributed by atoms with Crippen LogP contribution in [0, 0.1) is 0 Å². The van der Waals surface area contributed by atoms with E-state index in [4.69, 9.17) is 16.3 Å². The Hall–Kier alpha value is -2.07. The summed E-state index contributed by atoms with van der Waals surface area (Å²) in [6, 6.07) is 7.37. The molecule has 96 valence electrons. The van der Waals surface area contributed by atoms with E-state index in [2.05, 4.69) is 9.97 Å². The number of para-hydroxylation sites is 1. The first kappa shape index (κ1) is 12.0. The summed E-state index contributed by atoms with van der Waals surface area (Å²) in [6.45, 7) is 2.10. The fourth-order valence-electron chi connectivity index (χ4n) is 2.10. The molecule has 0 saturated carbocycles. The topological polar surface area (TPSA) is 55.0 Å². The fraction of sp³-hybridized carbons (Fsp3) is 0.143. The number of nitrogens with zero attached hydrogens (tertiary/aromatic N) is 1. The number of esters is 1. The zero-order chi connectivity index (χ0) is 13.4. The summed E-state index contributed by atoms with van der Waals surface area (Å²) in [5, 5.41) is 2.53. The minimum Gasteiger partial charge on any atom is -0.461 e. The number of halogens is 1. The molecule has 2 heterocycles. The van der Waals surface area contributed by atoms with Gasteiger partial charge in [-0.05, 0) is 19.1 Å². The molecule has 0 amide bonds. The van der Waals surface area contributed by atoms with Crippen LogP contribution >= 0.6 is 11.6 Å². The van der Waals surface area contributed by atoms with Crippen molar-refractivity contribution in [2.45, 2.75) is 6.92 Å². The smallest absolute Gasteiger partial charge is 0.356 e. The van der Waals surface area contributed by atoms with Crippen LogP contribution in [0.4, 0.5) is 0 Å². The zero-order valence-corrected chi connectivity index (χ0v) is 11.0. The van der Waals surface area contributed by atoms with Crippen LogP contribution in [0.2, 0.25) is 5.02 Å². The maximum absolute atomic E-state index is 11.7. The number of hydrogen-bond donors (Lipinski definition) is 1. The molecule has 1 aromatic carbocycles. The van der Waals surface area contributed by atoms with Crippen molar-refractivity contribution in [3.05, 3.63) is 41.2 Å². The van der Waals surface area contributed by atoms with Crippen molar-refractivity contribution in [2.24, 2.45) is 0 Å². The van der Waals surface area contributed by atoms with Crippen LogP contribution in [-0.4, -0.2) is 22.5 Å². The SMILES string of the molecule is CCOC(=O)c1cc2c(cn1)[nH]c1c(Cl)cccc12. The first-order valence-corrected chi connectivity index (χ1v) is 6.31. The van der Waals surface area contributed by atoms with E-state index in [9.17, 15) is 4.79 Å². The van der Waals surface area contributed by atoms with Crippen LogP contribution in [0.5, 0.6) is 0 Å². The van der Waals surface area contributed by atoms with Gasteiger partial charge in [0.2, 0.25) is 0 Å². The highest BCUT2D eigenvalue weighted by Gasteiger charge is 2.12. The highest BCUT2D eigenvalue weighted by molar-refractivity contribution is 6.36. The molecule has 4 nitrogen and oxygen atoms in total. The minimum absolute atomic E-state index is 0.301. The number of ether oxygens (including phenoxy) is 1. The van der Waals surface area contributed by atoms with E-state index < -0.39 is 5.97 Å². The largest absolute Gasteiger partial charge is 0.461 e. The van der Waals surface area contributed by atoms with Crippen LogP contribution in [-0.2, 0) is 4.74 Å². The molecule has 0 fully saturated rings. The van der Waals surface area contributed by atoms with E-state index in [-0.39, 0.29) is 0 Å². The van der Waals surface area contributed by atoms with Crippen LogP contribution < -0.4 is 0 Å². The van der Waals surface area contributed by atoms with Crippen molar-refractivity contribution in [1.29, 1.82) is 0 Å². The molecule has 3 aromatic rings. The quantitative estimate of drug-likeness (QED) is 0.727. The number of aromatic amines is 1. The molecule has 0 spiro atoms. The lowest BCUT2D eigenvalue weighted by Gasteiger charge is -2.00. The van der Waals surface area contributed by atoms with Crippen LogP contribution in [0.15, 0.2) is 30.5 Å². The number of fused-ring (bicyclic) bond motifs is 3. The number of carbonyl (C=O) groups excluding carboxylic acids is 1. The third-order valence-electron chi connectivity index (χ3n) is 2.95. The predicted molar refractivity (Wildman–Crippen MR) is 74.6 cm³/mol. The molecule has 0 aliphatic rings. The number of benzene rings is 1. The van der Waals surface area contributed by atoms with Crippen LogP contribution in [0.1, 0.15) is 17.4 Å². The molecule has 2 aromatic heterocycles. The summed E-state index contributed by atoms with van der Waals surface area (Å²) in [5.74, 6) is -0.416. The lowest BCUT2D eigenvalue weighted by atomic mass is 10.1. The van der Waals surface area contributed by atoms with Gasteiger partial charge in [-0.25, -0.2) is 9.78 Å². The molecular weight excluding hydrogens is 264 g/mol. The Labute approximate surface area is 114 Å². The highest BCUT2D eigenvalue weighted by atomic mass is 35.5. The molecule has 19 heavy (non-hydrogen) atoms. The molecule has 5 heteroatoms. The van der Waals surface area contributed by atoms with E-state index >= 15 is 0 Å². The van der Waals surface area contributed by atoms with E-state index in [1.54, 1.807) is 19.2 Å². The Morgan fingerprint density at radius 3 is 3.05 bits per heavy atom. The van der Waals surface area contributed by atoms with Crippen molar-refractivity contribution >= 4 is 39.4 Å². The minimum atomic E-state index is -0.416. The first-order valence-electron chi connectivity index (χ1n) is 5.93. The summed E-state index contributed by atoms with van der Waals surface area (Å²) < 4.78 is 4.95. The molecule has 0 unspecified atom stereocenters. The number of carbonyl (C=O) groups is 1. The first-order chi connectivity index (χ1) is 9.20. The molecule has 0 aliphatic carbocycles. The summed E-state index contributed by atoms with van der Waals surface area (Å²) in [4.78, 5) is 19.0. The van der Waals surface area contributed by atoms with Crippen molar-refractivity contribution in [1.82, 2.24) is 9.97 Å². The van der Waals surface area contributed by atoms with E-state index in [1.165, 1.54) is 0 Å². The third kappa shape index (κ3) is 1.94. The number of H-pyrrole nitrogens is 1. The molecule has 0 saturated heterocycles. The Balaban J connectivity index is 2.24. The van der Waals surface area contributed by atoms with Crippen LogP contribution in [0.25, 0.3) is 21.8 Å². The number of aromatic nitrogens is 2. The maximum atomic E-state index is 11.7. The molecule has 1 N–H and O–H groups in total. The van der Waals surface area contributed by atoms with Gasteiger partial charge in [-0.1, -0.05) is 23.7 Å².